The maximum Gasteiger partial charge on any atom is 0.287 e. The number of ketones is 1. The number of likely N-dealkylation sites (N-methyl/N-ethyl adjacent to an activating group) is 2. The number of nitrogens with zero attached hydrogens (tertiary/aromatic N) is 1. The van der Waals surface area contributed by atoms with Crippen LogP contribution in [0, 0.1) is 17.8 Å². The number of nitrogens with two attached hydrogens (primary N) is 1. The third-order valence-corrected chi connectivity index (χ3v) is 13.9. The maximum atomic E-state index is 13.6. The van der Waals surface area contributed by atoms with Crippen molar-refractivity contribution in [1.82, 2.24) is 36.1 Å². The number of amides is 5. The molecule has 0 unspecified atom stereocenters. The number of hydrogen-bond donors (Lipinski definition) is 7. The van der Waals surface area contributed by atoms with E-state index in [2.05, 4.69) is 37.0 Å². The Balaban J connectivity index is 0.00000317. The first kappa shape index (κ1) is 48.5. The first-order valence-electron chi connectivity index (χ1n) is 24.0. The van der Waals surface area contributed by atoms with Gasteiger partial charge < -0.3 is 55.4 Å². The summed E-state index contributed by atoms with van der Waals surface area (Å²) in [6.07, 6.45) is 8.06. The molecule has 2 atom stereocenters. The Morgan fingerprint density at radius 2 is 1.12 bits per heavy atom. The normalized spacial score (nSPS) is 18.4. The summed E-state index contributed by atoms with van der Waals surface area (Å²) < 4.78 is 17.4. The first-order chi connectivity index (χ1) is 33.5. The second-order valence-electron chi connectivity index (χ2n) is 18.1. The van der Waals surface area contributed by atoms with E-state index >= 15 is 0 Å². The molecule has 3 fully saturated rings. The topological polar surface area (TPSA) is 247 Å². The molecular formula is C52H62N8O9. The third kappa shape index (κ3) is 11.0. The number of hydrogen-bond acceptors (Lipinski definition) is 10. The molecule has 1 aliphatic heterocycles. The molecule has 1 saturated heterocycles. The molecule has 17 nitrogen and oxygen atoms in total. The molecule has 17 heteroatoms. The Kier molecular flexibility index (Phi) is 15.4. The number of H-pyrrole nitrogens is 2. The number of furan rings is 2. The summed E-state index contributed by atoms with van der Waals surface area (Å²) in [7, 11) is 4.62. The minimum atomic E-state index is -0.788. The van der Waals surface area contributed by atoms with Crippen molar-refractivity contribution in [2.75, 3.05) is 47.4 Å². The van der Waals surface area contributed by atoms with Gasteiger partial charge in [-0.2, -0.15) is 0 Å². The van der Waals surface area contributed by atoms with E-state index in [-0.39, 0.29) is 52.8 Å². The van der Waals surface area contributed by atoms with Gasteiger partial charge in [0, 0.05) is 66.5 Å². The van der Waals surface area contributed by atoms with Crippen LogP contribution in [0.25, 0.3) is 44.5 Å². The molecule has 2 saturated carbocycles. The lowest BCUT2D eigenvalue weighted by atomic mass is 9.76. The van der Waals surface area contributed by atoms with Crippen molar-refractivity contribution < 1.29 is 42.3 Å². The van der Waals surface area contributed by atoms with Crippen LogP contribution in [-0.2, 0) is 14.3 Å². The molecule has 5 amide bonds. The van der Waals surface area contributed by atoms with E-state index in [9.17, 15) is 28.8 Å². The Morgan fingerprint density at radius 1 is 0.623 bits per heavy atom. The summed E-state index contributed by atoms with van der Waals surface area (Å²) in [5.41, 5.74) is 8.47. The van der Waals surface area contributed by atoms with Gasteiger partial charge in [0.1, 0.15) is 29.3 Å². The molecule has 8 N–H and O–H groups in total. The van der Waals surface area contributed by atoms with Crippen LogP contribution in [0.5, 0.6) is 0 Å². The van der Waals surface area contributed by atoms with Crippen molar-refractivity contribution in [3.63, 3.8) is 0 Å². The Morgan fingerprint density at radius 3 is 1.64 bits per heavy atom. The van der Waals surface area contributed by atoms with Crippen molar-refractivity contribution in [2.24, 2.45) is 23.5 Å². The Labute approximate surface area is 400 Å². The SMILES string of the molecule is CN.CNC(=O)[C@@H](NC(=O)c1ccc(-c2ccc3cc(C(=O)CC4CCC([C@H](NC(=O)c5ccc(-c6ccc7cc(C(=O)N8CCOCC8)[nH]c7c6)o5)C(=O)NC)CC4)[nH]c3c2)o1)C1CCCCC1. The molecule has 6 aromatic rings. The van der Waals surface area contributed by atoms with E-state index in [0.717, 1.165) is 77.9 Å². The van der Waals surface area contributed by atoms with Crippen molar-refractivity contribution >= 4 is 57.1 Å². The number of Topliss-reactive ketones (excluding diaryl/α,β-unsaturated/α-hetero) is 1. The predicted molar refractivity (Wildman–Crippen MR) is 260 cm³/mol. The van der Waals surface area contributed by atoms with Gasteiger partial charge in [-0.25, -0.2) is 0 Å². The predicted octanol–water partition coefficient (Wildman–Crippen LogP) is 6.57. The fourth-order valence-electron chi connectivity index (χ4n) is 10.1. The van der Waals surface area contributed by atoms with Gasteiger partial charge in [0.25, 0.3) is 17.7 Å². The molecule has 4 aromatic heterocycles. The largest absolute Gasteiger partial charge is 0.451 e. The molecule has 2 aromatic carbocycles. The zero-order valence-corrected chi connectivity index (χ0v) is 39.4. The first-order valence-corrected chi connectivity index (χ1v) is 24.0. The van der Waals surface area contributed by atoms with Crippen LogP contribution in [0.2, 0.25) is 0 Å². The van der Waals surface area contributed by atoms with Crippen molar-refractivity contribution in [3.05, 3.63) is 95.7 Å². The zero-order valence-electron chi connectivity index (χ0n) is 39.4. The fraction of sp³-hybridized carbons (Fsp3) is 0.423. The molecular weight excluding hydrogens is 881 g/mol. The number of carbonyl (C=O) groups is 6. The molecule has 2 aliphatic carbocycles. The standard InChI is InChI=1S/C51H57N7O9.CH5N/c1-52-49(62)45(30-6-4-3-5-7-30)56-47(60)43-18-16-41(66-43)34-14-12-32-25-38(54-36(32)27-34)40(59)24-29-8-10-31(11-9-29)46(50(63)53-2)57-48(61)44-19-17-42(67-44)35-15-13-33-26-39(55-37(33)28-35)51(64)58-20-22-65-23-21-58;1-2/h12-19,25-31,45-46,54-55H,3-11,20-24H2,1-2H3,(H,52,62)(H,53,63)(H,56,60)(H,57,61);2H2,1H3/t29?,31?,45-,46-;/m0./s1. The summed E-state index contributed by atoms with van der Waals surface area (Å²) in [5.74, 6) is -0.343. The molecule has 0 spiro atoms. The van der Waals surface area contributed by atoms with Crippen LogP contribution in [0.15, 0.2) is 81.6 Å². The molecule has 0 bridgehead atoms. The minimum absolute atomic E-state index is 0.0103. The van der Waals surface area contributed by atoms with E-state index in [1.807, 2.05) is 48.5 Å². The molecule has 364 valence electrons. The highest BCUT2D eigenvalue weighted by Crippen LogP contribution is 2.35. The summed E-state index contributed by atoms with van der Waals surface area (Å²) >= 11 is 0. The number of rotatable bonds is 14. The van der Waals surface area contributed by atoms with Crippen LogP contribution in [0.3, 0.4) is 0 Å². The highest BCUT2D eigenvalue weighted by molar-refractivity contribution is 6.01. The quantitative estimate of drug-likeness (QED) is 0.0579. The van der Waals surface area contributed by atoms with Gasteiger partial charge in [0.05, 0.1) is 18.9 Å². The summed E-state index contributed by atoms with van der Waals surface area (Å²) in [4.78, 5) is 87.7. The van der Waals surface area contributed by atoms with Gasteiger partial charge in [0.2, 0.25) is 11.8 Å². The van der Waals surface area contributed by atoms with Crippen LogP contribution < -0.4 is 27.0 Å². The lowest BCUT2D eigenvalue weighted by Crippen LogP contribution is -2.50. The van der Waals surface area contributed by atoms with E-state index in [1.54, 1.807) is 43.3 Å². The Bertz CT molecular complexity index is 2800. The number of nitrogens with one attached hydrogen (secondary N) is 6. The lowest BCUT2D eigenvalue weighted by molar-refractivity contribution is -0.124. The highest BCUT2D eigenvalue weighted by atomic mass is 16.5. The van der Waals surface area contributed by atoms with E-state index in [0.29, 0.717) is 68.5 Å². The number of carbonyl (C=O) groups excluding carboxylic acids is 6. The maximum absolute atomic E-state index is 13.6. The van der Waals surface area contributed by atoms with Gasteiger partial charge in [-0.15, -0.1) is 0 Å². The number of benzene rings is 2. The second kappa shape index (κ2) is 22.0. The van der Waals surface area contributed by atoms with Gasteiger partial charge in [-0.3, -0.25) is 28.8 Å². The molecule has 9 rings (SSSR count). The fourth-order valence-corrected chi connectivity index (χ4v) is 10.1. The number of morpholine rings is 1. The van der Waals surface area contributed by atoms with Gasteiger partial charge in [-0.05, 0) is 112 Å². The molecule has 5 heterocycles. The molecule has 3 aliphatic rings. The Hall–Kier alpha value is -6.98. The number of fused-ring (bicyclic) bond motifs is 2. The van der Waals surface area contributed by atoms with E-state index < -0.39 is 23.9 Å². The van der Waals surface area contributed by atoms with Crippen molar-refractivity contribution in [1.29, 1.82) is 0 Å². The summed E-state index contributed by atoms with van der Waals surface area (Å²) in [6, 6.07) is 20.2. The third-order valence-electron chi connectivity index (χ3n) is 13.9. The zero-order chi connectivity index (χ0) is 48.6. The van der Waals surface area contributed by atoms with Crippen LogP contribution in [0.4, 0.5) is 0 Å². The van der Waals surface area contributed by atoms with Crippen LogP contribution in [0.1, 0.15) is 106 Å². The monoisotopic (exact) mass is 942 g/mol. The molecule has 69 heavy (non-hydrogen) atoms. The van der Waals surface area contributed by atoms with Crippen molar-refractivity contribution in [2.45, 2.75) is 76.3 Å². The molecule has 0 radical (unpaired) electrons. The number of aromatic nitrogens is 2. The van der Waals surface area contributed by atoms with Crippen molar-refractivity contribution in [3.8, 4) is 22.6 Å². The van der Waals surface area contributed by atoms with Crippen LogP contribution in [-0.4, -0.2) is 110 Å². The average molecular weight is 943 g/mol. The van der Waals surface area contributed by atoms with Crippen LogP contribution >= 0.6 is 0 Å². The minimum Gasteiger partial charge on any atom is -0.451 e. The smallest absolute Gasteiger partial charge is 0.287 e. The van der Waals surface area contributed by atoms with Gasteiger partial charge in [0.15, 0.2) is 17.3 Å². The highest BCUT2D eigenvalue weighted by Gasteiger charge is 2.35. The summed E-state index contributed by atoms with van der Waals surface area (Å²) in [6.45, 7) is 2.12. The average Bonchev–Trinajstić information content (AvgIpc) is 4.24. The second-order valence-corrected chi connectivity index (χ2v) is 18.1. The summed E-state index contributed by atoms with van der Waals surface area (Å²) in [5, 5.41) is 13.0. The van der Waals surface area contributed by atoms with E-state index in [1.165, 1.54) is 7.05 Å². The van der Waals surface area contributed by atoms with Gasteiger partial charge >= 0.3 is 0 Å². The number of ether oxygens (including phenoxy) is 1. The van der Waals surface area contributed by atoms with E-state index in [4.69, 9.17) is 13.6 Å². The number of aromatic amines is 2. The van der Waals surface area contributed by atoms with Gasteiger partial charge in [-0.1, -0.05) is 43.5 Å². The lowest BCUT2D eigenvalue weighted by Gasteiger charge is -2.33.